The summed E-state index contributed by atoms with van der Waals surface area (Å²) in [6.07, 6.45) is 1.37. The van der Waals surface area contributed by atoms with Crippen LogP contribution in [-0.2, 0) is 4.79 Å². The third-order valence-corrected chi connectivity index (χ3v) is 3.32. The van der Waals surface area contributed by atoms with Crippen molar-refractivity contribution in [1.29, 1.82) is 5.26 Å². The van der Waals surface area contributed by atoms with Crippen LogP contribution in [0.3, 0.4) is 0 Å². The standard InChI is InChI=1S/C18H16N2O2/c1-12-6-5-7-13(2)17(12)20-18(22)15(11-19)10-14-8-3-4-9-16(14)21/h3-10,21H,1-2H3,(H,20,22)/b15-10-. The Morgan fingerprint density at radius 2 is 1.77 bits per heavy atom. The first-order valence-corrected chi connectivity index (χ1v) is 6.80. The third-order valence-electron chi connectivity index (χ3n) is 3.32. The SMILES string of the molecule is Cc1cccc(C)c1NC(=O)/C(C#N)=C\c1ccccc1O. The van der Waals surface area contributed by atoms with Gasteiger partial charge in [0.15, 0.2) is 0 Å². The van der Waals surface area contributed by atoms with Crippen molar-refractivity contribution in [2.24, 2.45) is 0 Å². The van der Waals surface area contributed by atoms with Gasteiger partial charge in [-0.05, 0) is 37.1 Å². The third kappa shape index (κ3) is 3.33. The Morgan fingerprint density at radius 3 is 2.36 bits per heavy atom. The lowest BCUT2D eigenvalue weighted by atomic mass is 10.1. The number of nitrogens with one attached hydrogen (secondary N) is 1. The molecule has 0 aliphatic heterocycles. The molecule has 2 aromatic carbocycles. The smallest absolute Gasteiger partial charge is 0.266 e. The monoisotopic (exact) mass is 292 g/mol. The number of amides is 1. The fourth-order valence-electron chi connectivity index (χ4n) is 2.11. The number of nitrogens with zero attached hydrogens (tertiary/aromatic N) is 1. The first-order chi connectivity index (χ1) is 10.5. The van der Waals surface area contributed by atoms with E-state index in [9.17, 15) is 15.2 Å². The molecule has 2 aromatic rings. The van der Waals surface area contributed by atoms with Gasteiger partial charge in [-0.15, -0.1) is 0 Å². The van der Waals surface area contributed by atoms with Gasteiger partial charge >= 0.3 is 0 Å². The zero-order valence-corrected chi connectivity index (χ0v) is 12.4. The molecular weight excluding hydrogens is 276 g/mol. The van der Waals surface area contributed by atoms with Crippen molar-refractivity contribution in [3.8, 4) is 11.8 Å². The predicted octanol–water partition coefficient (Wildman–Crippen LogP) is 3.55. The number of aryl methyl sites for hydroxylation is 2. The molecule has 0 spiro atoms. The molecule has 4 heteroatoms. The molecule has 0 saturated carbocycles. The van der Waals surface area contributed by atoms with Gasteiger partial charge in [0.05, 0.1) is 0 Å². The zero-order chi connectivity index (χ0) is 16.1. The van der Waals surface area contributed by atoms with Crippen LogP contribution < -0.4 is 5.32 Å². The molecule has 1 amide bonds. The first kappa shape index (κ1) is 15.3. The molecule has 0 aromatic heterocycles. The van der Waals surface area contributed by atoms with E-state index in [4.69, 9.17) is 0 Å². The van der Waals surface area contributed by atoms with Crippen LogP contribution in [0.4, 0.5) is 5.69 Å². The highest BCUT2D eigenvalue weighted by Gasteiger charge is 2.13. The van der Waals surface area contributed by atoms with E-state index in [1.807, 2.05) is 38.1 Å². The highest BCUT2D eigenvalue weighted by atomic mass is 16.3. The van der Waals surface area contributed by atoms with Gasteiger partial charge in [0.1, 0.15) is 17.4 Å². The predicted molar refractivity (Wildman–Crippen MR) is 86.2 cm³/mol. The molecule has 2 N–H and O–H groups in total. The molecule has 4 nitrogen and oxygen atoms in total. The molecule has 0 atom stereocenters. The van der Waals surface area contributed by atoms with Gasteiger partial charge in [0, 0.05) is 11.3 Å². The molecule has 0 saturated heterocycles. The number of carbonyl (C=O) groups excluding carboxylic acids is 1. The van der Waals surface area contributed by atoms with Crippen LogP contribution >= 0.6 is 0 Å². The number of nitriles is 1. The minimum absolute atomic E-state index is 0.0233. The van der Waals surface area contributed by atoms with Crippen molar-refractivity contribution >= 4 is 17.7 Å². The first-order valence-electron chi connectivity index (χ1n) is 6.80. The quantitative estimate of drug-likeness (QED) is 0.671. The minimum Gasteiger partial charge on any atom is -0.507 e. The van der Waals surface area contributed by atoms with Gasteiger partial charge in [-0.2, -0.15) is 5.26 Å². The summed E-state index contributed by atoms with van der Waals surface area (Å²) < 4.78 is 0. The van der Waals surface area contributed by atoms with Gasteiger partial charge in [0.25, 0.3) is 5.91 Å². The average molecular weight is 292 g/mol. The summed E-state index contributed by atoms with van der Waals surface area (Å²) in [5.41, 5.74) is 2.91. The highest BCUT2D eigenvalue weighted by molar-refractivity contribution is 6.10. The maximum Gasteiger partial charge on any atom is 0.266 e. The van der Waals surface area contributed by atoms with Gasteiger partial charge < -0.3 is 10.4 Å². The van der Waals surface area contributed by atoms with E-state index in [2.05, 4.69) is 5.32 Å². The Hall–Kier alpha value is -3.06. The number of para-hydroxylation sites is 2. The molecule has 2 rings (SSSR count). The summed E-state index contributed by atoms with van der Waals surface area (Å²) in [5.74, 6) is -0.474. The maximum atomic E-state index is 12.3. The Labute approximate surface area is 129 Å². The fraction of sp³-hybridized carbons (Fsp3) is 0.111. The summed E-state index contributed by atoms with van der Waals surface area (Å²) in [7, 11) is 0. The van der Waals surface area contributed by atoms with Crippen molar-refractivity contribution in [2.75, 3.05) is 5.32 Å². The number of aromatic hydroxyl groups is 1. The van der Waals surface area contributed by atoms with E-state index in [0.717, 1.165) is 11.1 Å². The second-order valence-corrected chi connectivity index (χ2v) is 4.95. The summed E-state index contributed by atoms with van der Waals surface area (Å²) in [4.78, 5) is 12.3. The molecule has 0 bridgehead atoms. The lowest BCUT2D eigenvalue weighted by Gasteiger charge is -2.11. The average Bonchev–Trinajstić information content (AvgIpc) is 2.50. The van der Waals surface area contributed by atoms with E-state index in [1.54, 1.807) is 18.2 Å². The Morgan fingerprint density at radius 1 is 1.14 bits per heavy atom. The Balaban J connectivity index is 2.31. The van der Waals surface area contributed by atoms with Crippen LogP contribution in [0.1, 0.15) is 16.7 Å². The van der Waals surface area contributed by atoms with E-state index < -0.39 is 5.91 Å². The number of anilines is 1. The molecule has 0 radical (unpaired) electrons. The summed E-state index contributed by atoms with van der Waals surface area (Å²) in [6, 6.07) is 14.1. The van der Waals surface area contributed by atoms with Crippen LogP contribution in [0.25, 0.3) is 6.08 Å². The number of benzene rings is 2. The molecular formula is C18H16N2O2. The van der Waals surface area contributed by atoms with E-state index >= 15 is 0 Å². The van der Waals surface area contributed by atoms with Crippen LogP contribution in [0.5, 0.6) is 5.75 Å². The van der Waals surface area contributed by atoms with Crippen molar-refractivity contribution < 1.29 is 9.90 Å². The Kier molecular flexibility index (Phi) is 4.60. The molecule has 0 heterocycles. The van der Waals surface area contributed by atoms with Crippen LogP contribution in [0, 0.1) is 25.2 Å². The van der Waals surface area contributed by atoms with Gasteiger partial charge in [-0.1, -0.05) is 36.4 Å². The summed E-state index contributed by atoms with van der Waals surface area (Å²) >= 11 is 0. The minimum atomic E-state index is -0.497. The number of rotatable bonds is 3. The summed E-state index contributed by atoms with van der Waals surface area (Å²) in [5, 5.41) is 21.7. The zero-order valence-electron chi connectivity index (χ0n) is 12.4. The van der Waals surface area contributed by atoms with Crippen LogP contribution in [0.2, 0.25) is 0 Å². The van der Waals surface area contributed by atoms with Crippen LogP contribution in [-0.4, -0.2) is 11.0 Å². The normalized spacial score (nSPS) is 10.9. The molecule has 0 fully saturated rings. The van der Waals surface area contributed by atoms with E-state index in [1.165, 1.54) is 12.1 Å². The van der Waals surface area contributed by atoms with Crippen molar-refractivity contribution in [3.63, 3.8) is 0 Å². The fourth-order valence-corrected chi connectivity index (χ4v) is 2.11. The number of hydrogen-bond acceptors (Lipinski definition) is 3. The molecule has 110 valence electrons. The number of phenolic OH excluding ortho intramolecular Hbond substituents is 1. The lowest BCUT2D eigenvalue weighted by Crippen LogP contribution is -2.15. The van der Waals surface area contributed by atoms with E-state index in [-0.39, 0.29) is 11.3 Å². The molecule has 0 aliphatic rings. The molecule has 0 unspecified atom stereocenters. The highest BCUT2D eigenvalue weighted by Crippen LogP contribution is 2.22. The van der Waals surface area contributed by atoms with E-state index in [0.29, 0.717) is 11.3 Å². The maximum absolute atomic E-state index is 12.3. The molecule has 0 aliphatic carbocycles. The lowest BCUT2D eigenvalue weighted by molar-refractivity contribution is -0.112. The van der Waals surface area contributed by atoms with Crippen molar-refractivity contribution in [1.82, 2.24) is 0 Å². The number of hydrogen-bond donors (Lipinski definition) is 2. The molecule has 22 heavy (non-hydrogen) atoms. The van der Waals surface area contributed by atoms with Crippen molar-refractivity contribution in [2.45, 2.75) is 13.8 Å². The number of carbonyl (C=O) groups is 1. The van der Waals surface area contributed by atoms with Gasteiger partial charge in [-0.3, -0.25) is 4.79 Å². The summed E-state index contributed by atoms with van der Waals surface area (Å²) in [6.45, 7) is 3.78. The van der Waals surface area contributed by atoms with Gasteiger partial charge in [0.2, 0.25) is 0 Å². The van der Waals surface area contributed by atoms with Crippen LogP contribution in [0.15, 0.2) is 48.0 Å². The van der Waals surface area contributed by atoms with Gasteiger partial charge in [-0.25, -0.2) is 0 Å². The largest absolute Gasteiger partial charge is 0.507 e. The number of phenols is 1. The topological polar surface area (TPSA) is 73.1 Å². The van der Waals surface area contributed by atoms with Crippen molar-refractivity contribution in [3.05, 3.63) is 64.7 Å². The Bertz CT molecular complexity index is 766. The second kappa shape index (κ2) is 6.59. The second-order valence-electron chi connectivity index (χ2n) is 4.95.